The minimum absolute atomic E-state index is 0.171. The van der Waals surface area contributed by atoms with Gasteiger partial charge in [0.1, 0.15) is 5.69 Å². The van der Waals surface area contributed by atoms with Crippen LogP contribution in [0.1, 0.15) is 22.3 Å². The third kappa shape index (κ3) is 3.07. The molecule has 0 fully saturated rings. The van der Waals surface area contributed by atoms with Gasteiger partial charge >= 0.3 is 0 Å². The summed E-state index contributed by atoms with van der Waals surface area (Å²) in [6, 6.07) is 4.45. The monoisotopic (exact) mass is 304 g/mol. The van der Waals surface area contributed by atoms with Crippen molar-refractivity contribution < 1.29 is 4.74 Å². The molecule has 21 heavy (non-hydrogen) atoms. The van der Waals surface area contributed by atoms with Gasteiger partial charge in [-0.05, 0) is 11.4 Å². The molecule has 1 aliphatic heterocycles. The van der Waals surface area contributed by atoms with Crippen molar-refractivity contribution in [1.82, 2.24) is 19.9 Å². The lowest BCUT2D eigenvalue weighted by atomic mass is 10.0. The summed E-state index contributed by atoms with van der Waals surface area (Å²) in [5, 5.41) is 10.7. The number of nitrogens with zero attached hydrogens (tertiary/aromatic N) is 4. The fourth-order valence-corrected chi connectivity index (χ4v) is 3.49. The van der Waals surface area contributed by atoms with Gasteiger partial charge < -0.3 is 4.74 Å². The third-order valence-electron chi connectivity index (χ3n) is 3.82. The topological polar surface area (TPSA) is 43.2 Å². The molecular weight excluding hydrogens is 284 g/mol. The molecule has 0 spiro atoms. The third-order valence-corrected chi connectivity index (χ3v) is 4.68. The van der Waals surface area contributed by atoms with Gasteiger partial charge in [0.15, 0.2) is 0 Å². The van der Waals surface area contributed by atoms with Crippen LogP contribution in [0.5, 0.6) is 0 Å². The molecule has 2 aromatic rings. The Morgan fingerprint density at radius 1 is 1.57 bits per heavy atom. The summed E-state index contributed by atoms with van der Waals surface area (Å²) in [5.41, 5.74) is 2.29. The summed E-state index contributed by atoms with van der Waals surface area (Å²) in [6.07, 6.45) is 2.77. The van der Waals surface area contributed by atoms with Gasteiger partial charge in [-0.15, -0.1) is 23.0 Å². The molecule has 0 N–H and O–H groups in total. The average molecular weight is 304 g/mol. The van der Waals surface area contributed by atoms with Crippen LogP contribution in [0.4, 0.5) is 0 Å². The van der Waals surface area contributed by atoms with Crippen molar-refractivity contribution in [1.29, 1.82) is 0 Å². The Hall–Kier alpha value is -1.50. The summed E-state index contributed by atoms with van der Waals surface area (Å²) in [6.45, 7) is 6.85. The molecule has 2 aromatic heterocycles. The number of aromatic nitrogens is 3. The quantitative estimate of drug-likeness (QED) is 0.606. The van der Waals surface area contributed by atoms with Gasteiger partial charge in [0.2, 0.25) is 0 Å². The highest BCUT2D eigenvalue weighted by Gasteiger charge is 2.31. The van der Waals surface area contributed by atoms with Gasteiger partial charge in [-0.25, -0.2) is 0 Å². The second-order valence-electron chi connectivity index (χ2n) is 5.19. The Bertz CT molecular complexity index is 593. The number of rotatable bonds is 6. The van der Waals surface area contributed by atoms with E-state index in [0.717, 1.165) is 25.2 Å². The summed E-state index contributed by atoms with van der Waals surface area (Å²) >= 11 is 1.79. The fraction of sp³-hybridized carbons (Fsp3) is 0.467. The van der Waals surface area contributed by atoms with Crippen molar-refractivity contribution >= 4 is 11.3 Å². The number of hydrogen-bond donors (Lipinski definition) is 0. The average Bonchev–Trinajstić information content (AvgIpc) is 3.11. The molecule has 0 unspecified atom stereocenters. The summed E-state index contributed by atoms with van der Waals surface area (Å²) in [7, 11) is 1.96. The Balaban J connectivity index is 1.80. The van der Waals surface area contributed by atoms with Crippen LogP contribution < -0.4 is 0 Å². The highest BCUT2D eigenvalue weighted by Crippen LogP contribution is 2.30. The van der Waals surface area contributed by atoms with Crippen LogP contribution in [0.25, 0.3) is 0 Å². The van der Waals surface area contributed by atoms with E-state index in [4.69, 9.17) is 4.74 Å². The fourth-order valence-electron chi connectivity index (χ4n) is 2.76. The predicted molar refractivity (Wildman–Crippen MR) is 83.2 cm³/mol. The van der Waals surface area contributed by atoms with Gasteiger partial charge in [-0.2, -0.15) is 0 Å². The van der Waals surface area contributed by atoms with Gasteiger partial charge in [0, 0.05) is 31.4 Å². The summed E-state index contributed by atoms with van der Waals surface area (Å²) in [4.78, 5) is 3.81. The maximum absolute atomic E-state index is 5.70. The minimum Gasteiger partial charge on any atom is -0.375 e. The molecule has 6 heteroatoms. The second kappa shape index (κ2) is 6.51. The van der Waals surface area contributed by atoms with E-state index in [0.29, 0.717) is 13.2 Å². The Morgan fingerprint density at radius 2 is 2.48 bits per heavy atom. The highest BCUT2D eigenvalue weighted by molar-refractivity contribution is 7.09. The largest absolute Gasteiger partial charge is 0.375 e. The second-order valence-corrected chi connectivity index (χ2v) is 6.22. The molecule has 3 heterocycles. The number of hydrogen-bond acceptors (Lipinski definition) is 5. The lowest BCUT2D eigenvalue weighted by molar-refractivity contribution is 0.0605. The lowest BCUT2D eigenvalue weighted by Crippen LogP contribution is -2.37. The zero-order valence-corrected chi connectivity index (χ0v) is 13.1. The first-order valence-electron chi connectivity index (χ1n) is 7.13. The maximum atomic E-state index is 5.70. The molecule has 0 aromatic carbocycles. The predicted octanol–water partition coefficient (Wildman–Crippen LogP) is 2.18. The van der Waals surface area contributed by atoms with E-state index < -0.39 is 0 Å². The Morgan fingerprint density at radius 3 is 3.24 bits per heavy atom. The van der Waals surface area contributed by atoms with Gasteiger partial charge in [-0.3, -0.25) is 9.58 Å². The van der Waals surface area contributed by atoms with Crippen molar-refractivity contribution in [3.63, 3.8) is 0 Å². The van der Waals surface area contributed by atoms with E-state index in [1.807, 2.05) is 11.7 Å². The van der Waals surface area contributed by atoms with Crippen LogP contribution in [-0.2, 0) is 24.8 Å². The van der Waals surface area contributed by atoms with Crippen LogP contribution >= 0.6 is 11.3 Å². The molecule has 3 rings (SSSR count). The molecule has 0 radical (unpaired) electrons. The highest BCUT2D eigenvalue weighted by atomic mass is 32.1. The van der Waals surface area contributed by atoms with Crippen molar-refractivity contribution in [2.24, 2.45) is 7.05 Å². The van der Waals surface area contributed by atoms with E-state index >= 15 is 0 Å². The van der Waals surface area contributed by atoms with Crippen molar-refractivity contribution in [2.75, 3.05) is 19.8 Å². The van der Waals surface area contributed by atoms with Crippen LogP contribution in [0.3, 0.4) is 0 Å². The first-order valence-corrected chi connectivity index (χ1v) is 8.01. The zero-order valence-electron chi connectivity index (χ0n) is 12.2. The number of thiophene rings is 1. The number of fused-ring (bicyclic) bond motifs is 1. The number of aryl methyl sites for hydroxylation is 1. The zero-order chi connectivity index (χ0) is 14.7. The molecule has 0 saturated carbocycles. The molecule has 112 valence electrons. The van der Waals surface area contributed by atoms with Gasteiger partial charge in [0.05, 0.1) is 24.9 Å². The molecule has 1 atom stereocenters. The molecule has 0 saturated heterocycles. The molecule has 0 bridgehead atoms. The van der Waals surface area contributed by atoms with Crippen LogP contribution in [0, 0.1) is 0 Å². The Labute approximate surface area is 128 Å². The van der Waals surface area contributed by atoms with E-state index in [-0.39, 0.29) is 6.04 Å². The maximum Gasteiger partial charge on any atom is 0.105 e. The first-order chi connectivity index (χ1) is 10.3. The van der Waals surface area contributed by atoms with Gasteiger partial charge in [-0.1, -0.05) is 17.4 Å². The van der Waals surface area contributed by atoms with E-state index in [2.05, 4.69) is 39.3 Å². The van der Waals surface area contributed by atoms with Crippen molar-refractivity contribution in [3.05, 3.63) is 46.4 Å². The Kier molecular flexibility index (Phi) is 4.48. The first kappa shape index (κ1) is 14.4. The molecule has 5 nitrogen and oxygen atoms in total. The molecular formula is C15H20N4OS. The molecule has 0 aliphatic carbocycles. The smallest absolute Gasteiger partial charge is 0.105 e. The van der Waals surface area contributed by atoms with Crippen molar-refractivity contribution in [3.8, 4) is 0 Å². The van der Waals surface area contributed by atoms with E-state index in [9.17, 15) is 0 Å². The van der Waals surface area contributed by atoms with Crippen LogP contribution in [0.2, 0.25) is 0 Å². The van der Waals surface area contributed by atoms with Crippen LogP contribution in [0.15, 0.2) is 30.2 Å². The van der Waals surface area contributed by atoms with Crippen LogP contribution in [-0.4, -0.2) is 39.7 Å². The van der Waals surface area contributed by atoms with Crippen molar-refractivity contribution in [2.45, 2.75) is 19.0 Å². The van der Waals surface area contributed by atoms with E-state index in [1.165, 1.54) is 10.6 Å². The standard InChI is InChI=1S/C15H20N4OS/c1-3-8-20-11-14-15-13(18(2)17-16-15)6-7-19(14)10-12-5-4-9-21-12/h3-5,9,14H,1,6-8,10-11H2,2H3/t14-/m0/s1. The molecule has 0 amide bonds. The molecule has 1 aliphatic rings. The summed E-state index contributed by atoms with van der Waals surface area (Å²) in [5.74, 6) is 0. The summed E-state index contributed by atoms with van der Waals surface area (Å²) < 4.78 is 7.59. The lowest BCUT2D eigenvalue weighted by Gasteiger charge is -2.34. The SMILES string of the molecule is C=CCOC[C@H]1c2nnn(C)c2CCN1Cc1cccs1. The minimum atomic E-state index is 0.171. The number of ether oxygens (including phenoxy) is 1. The van der Waals surface area contributed by atoms with Gasteiger partial charge in [0.25, 0.3) is 0 Å². The normalized spacial score (nSPS) is 18.6. The van der Waals surface area contributed by atoms with E-state index in [1.54, 1.807) is 17.4 Å².